The van der Waals surface area contributed by atoms with Gasteiger partial charge in [0, 0.05) is 17.1 Å². The molecule has 1 aromatic carbocycles. The van der Waals surface area contributed by atoms with Gasteiger partial charge in [0.25, 0.3) is 5.91 Å². The third-order valence-corrected chi connectivity index (χ3v) is 3.98. The molecule has 0 bridgehead atoms. The van der Waals surface area contributed by atoms with Crippen LogP contribution in [0.2, 0.25) is 10.0 Å². The van der Waals surface area contributed by atoms with Crippen LogP contribution in [0.4, 0.5) is 0 Å². The van der Waals surface area contributed by atoms with Crippen molar-refractivity contribution in [2.24, 2.45) is 5.73 Å². The highest BCUT2D eigenvalue weighted by atomic mass is 35.5. The number of benzene rings is 1. The molecule has 1 unspecified atom stereocenters. The highest BCUT2D eigenvalue weighted by Gasteiger charge is 2.22. The molecular weight excluding hydrogens is 311 g/mol. The van der Waals surface area contributed by atoms with E-state index in [1.165, 1.54) is 6.26 Å². The van der Waals surface area contributed by atoms with Crippen LogP contribution < -0.4 is 5.73 Å². The number of furan rings is 1. The highest BCUT2D eigenvalue weighted by Crippen LogP contribution is 2.29. The van der Waals surface area contributed by atoms with Gasteiger partial charge in [-0.05, 0) is 30.7 Å². The molecule has 4 nitrogen and oxygen atoms in total. The first-order chi connectivity index (χ1) is 9.93. The number of halogens is 2. The minimum atomic E-state index is -0.196. The van der Waals surface area contributed by atoms with Gasteiger partial charge in [0.05, 0.1) is 18.2 Å². The van der Waals surface area contributed by atoms with Crippen molar-refractivity contribution in [1.29, 1.82) is 0 Å². The van der Waals surface area contributed by atoms with Crippen molar-refractivity contribution in [3.63, 3.8) is 0 Å². The van der Waals surface area contributed by atoms with E-state index in [9.17, 15) is 4.79 Å². The largest absolute Gasteiger partial charge is 0.467 e. The summed E-state index contributed by atoms with van der Waals surface area (Å²) in [7, 11) is 1.72. The Morgan fingerprint density at radius 1 is 1.38 bits per heavy atom. The summed E-state index contributed by atoms with van der Waals surface area (Å²) in [6.45, 7) is 2.16. The molecular formula is C15H16Cl2N2O2. The molecule has 0 saturated carbocycles. The fourth-order valence-electron chi connectivity index (χ4n) is 2.03. The maximum atomic E-state index is 12.4. The van der Waals surface area contributed by atoms with Crippen LogP contribution in [0, 0.1) is 0 Å². The summed E-state index contributed by atoms with van der Waals surface area (Å²) < 4.78 is 5.19. The summed E-state index contributed by atoms with van der Waals surface area (Å²) in [5.41, 5.74) is 6.78. The average molecular weight is 327 g/mol. The van der Waals surface area contributed by atoms with E-state index < -0.39 is 0 Å². The lowest BCUT2D eigenvalue weighted by atomic mass is 10.1. The second kappa shape index (κ2) is 6.52. The SMILES string of the molecule is CC(c1ccc(Cl)cc1Cl)N(C)C(=O)c1coc(CN)c1. The second-order valence-corrected chi connectivity index (χ2v) is 5.61. The molecule has 21 heavy (non-hydrogen) atoms. The predicted molar refractivity (Wildman–Crippen MR) is 83.6 cm³/mol. The van der Waals surface area contributed by atoms with Crippen LogP contribution in [-0.4, -0.2) is 17.9 Å². The molecule has 0 aliphatic heterocycles. The molecule has 0 fully saturated rings. The van der Waals surface area contributed by atoms with Gasteiger partial charge in [-0.2, -0.15) is 0 Å². The van der Waals surface area contributed by atoms with E-state index in [2.05, 4.69) is 0 Å². The summed E-state index contributed by atoms with van der Waals surface area (Å²) in [6.07, 6.45) is 1.41. The normalized spacial score (nSPS) is 12.2. The van der Waals surface area contributed by atoms with Crippen molar-refractivity contribution >= 4 is 29.1 Å². The van der Waals surface area contributed by atoms with Gasteiger partial charge < -0.3 is 15.1 Å². The van der Waals surface area contributed by atoms with Gasteiger partial charge >= 0.3 is 0 Å². The first-order valence-corrected chi connectivity index (χ1v) is 7.19. The Morgan fingerprint density at radius 3 is 2.67 bits per heavy atom. The van der Waals surface area contributed by atoms with E-state index in [1.54, 1.807) is 30.1 Å². The molecule has 112 valence electrons. The van der Waals surface area contributed by atoms with Crippen LogP contribution in [0.5, 0.6) is 0 Å². The number of amides is 1. The van der Waals surface area contributed by atoms with Gasteiger partial charge in [0.2, 0.25) is 0 Å². The summed E-state index contributed by atoms with van der Waals surface area (Å²) in [5.74, 6) is 0.417. The zero-order chi connectivity index (χ0) is 15.6. The minimum Gasteiger partial charge on any atom is -0.467 e. The molecule has 2 N–H and O–H groups in total. The summed E-state index contributed by atoms with van der Waals surface area (Å²) >= 11 is 12.1. The van der Waals surface area contributed by atoms with Gasteiger partial charge in [0.1, 0.15) is 12.0 Å². The standard InChI is InChI=1S/C15H16Cl2N2O2/c1-9(13-4-3-11(16)6-14(13)17)19(2)15(20)10-5-12(7-18)21-8-10/h3-6,8-9H,7,18H2,1-2H3. The Kier molecular flexibility index (Phi) is 4.93. The maximum absolute atomic E-state index is 12.4. The molecule has 0 spiro atoms. The van der Waals surface area contributed by atoms with Crippen LogP contribution >= 0.6 is 23.2 Å². The van der Waals surface area contributed by atoms with E-state index in [0.717, 1.165) is 5.56 Å². The van der Waals surface area contributed by atoms with Crippen molar-refractivity contribution in [3.8, 4) is 0 Å². The number of nitrogens with zero attached hydrogens (tertiary/aromatic N) is 1. The van der Waals surface area contributed by atoms with Gasteiger partial charge in [-0.15, -0.1) is 0 Å². The molecule has 1 aromatic heterocycles. The van der Waals surface area contributed by atoms with Crippen LogP contribution in [0.1, 0.15) is 34.6 Å². The van der Waals surface area contributed by atoms with Crippen molar-refractivity contribution in [1.82, 2.24) is 4.90 Å². The molecule has 6 heteroatoms. The smallest absolute Gasteiger partial charge is 0.257 e. The zero-order valence-corrected chi connectivity index (χ0v) is 13.3. The number of hydrogen-bond donors (Lipinski definition) is 1. The molecule has 1 amide bonds. The Bertz CT molecular complexity index is 655. The summed E-state index contributed by atoms with van der Waals surface area (Å²) in [4.78, 5) is 14.0. The lowest BCUT2D eigenvalue weighted by molar-refractivity contribution is 0.0742. The lowest BCUT2D eigenvalue weighted by Crippen LogP contribution is -2.29. The predicted octanol–water partition coefficient (Wildman–Crippen LogP) is 3.88. The minimum absolute atomic E-state index is 0.156. The van der Waals surface area contributed by atoms with Crippen LogP contribution in [0.3, 0.4) is 0 Å². The van der Waals surface area contributed by atoms with Crippen LogP contribution in [0.15, 0.2) is 34.9 Å². The lowest BCUT2D eigenvalue weighted by Gasteiger charge is -2.25. The molecule has 0 radical (unpaired) electrons. The fraction of sp³-hybridized carbons (Fsp3) is 0.267. The summed E-state index contributed by atoms with van der Waals surface area (Å²) in [5, 5.41) is 1.09. The summed E-state index contributed by atoms with van der Waals surface area (Å²) in [6, 6.07) is 6.69. The van der Waals surface area contributed by atoms with Crippen LogP contribution in [-0.2, 0) is 6.54 Å². The first-order valence-electron chi connectivity index (χ1n) is 6.43. The average Bonchev–Trinajstić information content (AvgIpc) is 2.94. The van der Waals surface area contributed by atoms with Crippen LogP contribution in [0.25, 0.3) is 0 Å². The molecule has 2 rings (SSSR count). The highest BCUT2D eigenvalue weighted by molar-refractivity contribution is 6.35. The van der Waals surface area contributed by atoms with Crippen molar-refractivity contribution in [3.05, 3.63) is 57.5 Å². The number of rotatable bonds is 4. The second-order valence-electron chi connectivity index (χ2n) is 4.76. The van der Waals surface area contributed by atoms with Crippen molar-refractivity contribution in [2.75, 3.05) is 7.05 Å². The van der Waals surface area contributed by atoms with Crippen molar-refractivity contribution in [2.45, 2.75) is 19.5 Å². The molecule has 1 heterocycles. The van der Waals surface area contributed by atoms with E-state index in [0.29, 0.717) is 21.4 Å². The Morgan fingerprint density at radius 2 is 2.10 bits per heavy atom. The molecule has 1 atom stereocenters. The number of carbonyl (C=O) groups is 1. The van der Waals surface area contributed by atoms with Gasteiger partial charge in [-0.3, -0.25) is 4.79 Å². The number of carbonyl (C=O) groups excluding carboxylic acids is 1. The first kappa shape index (κ1) is 15.9. The monoisotopic (exact) mass is 326 g/mol. The third kappa shape index (κ3) is 3.40. The molecule has 0 aliphatic carbocycles. The van der Waals surface area contributed by atoms with E-state index in [1.807, 2.05) is 13.0 Å². The zero-order valence-electron chi connectivity index (χ0n) is 11.8. The maximum Gasteiger partial charge on any atom is 0.257 e. The molecule has 2 aromatic rings. The molecule has 0 aliphatic rings. The van der Waals surface area contributed by atoms with Gasteiger partial charge in [-0.25, -0.2) is 0 Å². The Labute approximate surface area is 133 Å². The van der Waals surface area contributed by atoms with Crippen molar-refractivity contribution < 1.29 is 9.21 Å². The van der Waals surface area contributed by atoms with E-state index >= 15 is 0 Å². The Hall–Kier alpha value is -1.49. The third-order valence-electron chi connectivity index (χ3n) is 3.42. The van der Waals surface area contributed by atoms with Gasteiger partial charge in [-0.1, -0.05) is 29.3 Å². The van der Waals surface area contributed by atoms with E-state index in [-0.39, 0.29) is 18.5 Å². The molecule has 0 saturated heterocycles. The number of nitrogens with two attached hydrogens (primary N) is 1. The Balaban J connectivity index is 2.21. The van der Waals surface area contributed by atoms with E-state index in [4.69, 9.17) is 33.4 Å². The fourth-order valence-corrected chi connectivity index (χ4v) is 2.59. The number of hydrogen-bond acceptors (Lipinski definition) is 3. The quantitative estimate of drug-likeness (QED) is 0.927. The van der Waals surface area contributed by atoms with Gasteiger partial charge in [0.15, 0.2) is 0 Å². The topological polar surface area (TPSA) is 59.5 Å².